The molecule has 1 aromatic heterocycles. The van der Waals surface area contributed by atoms with Gasteiger partial charge in [0.15, 0.2) is 0 Å². The van der Waals surface area contributed by atoms with E-state index in [0.29, 0.717) is 5.82 Å². The third kappa shape index (κ3) is 4.80. The van der Waals surface area contributed by atoms with E-state index in [4.69, 9.17) is 5.11 Å². The van der Waals surface area contributed by atoms with Crippen LogP contribution in [-0.4, -0.2) is 28.9 Å². The molecule has 1 unspecified atom stereocenters. The molecule has 0 fully saturated rings. The van der Waals surface area contributed by atoms with E-state index in [0.717, 1.165) is 4.47 Å². The van der Waals surface area contributed by atoms with Crippen LogP contribution in [0.3, 0.4) is 0 Å². The van der Waals surface area contributed by atoms with Gasteiger partial charge in [0.05, 0.1) is 19.1 Å². The summed E-state index contributed by atoms with van der Waals surface area (Å²) < 4.78 is 37.0. The molecule has 0 aromatic carbocycles. The van der Waals surface area contributed by atoms with Crippen LogP contribution in [0, 0.1) is 0 Å². The maximum absolute atomic E-state index is 12.1. The number of nitrogens with one attached hydrogen (secondary N) is 1. The quantitative estimate of drug-likeness (QED) is 0.898. The molecule has 0 spiro atoms. The lowest BCUT2D eigenvalue weighted by Gasteiger charge is -2.18. The Morgan fingerprint density at radius 2 is 2.12 bits per heavy atom. The minimum atomic E-state index is -4.31. The lowest BCUT2D eigenvalue weighted by molar-refractivity contribution is -0.138. The van der Waals surface area contributed by atoms with Crippen LogP contribution in [0.25, 0.3) is 0 Å². The number of hydrogen-bond donors (Lipinski definition) is 2. The normalized spacial score (nSPS) is 13.6. The van der Waals surface area contributed by atoms with Crippen LogP contribution in [0.1, 0.15) is 6.42 Å². The number of anilines is 1. The van der Waals surface area contributed by atoms with E-state index >= 15 is 0 Å². The zero-order chi connectivity index (χ0) is 12.2. The van der Waals surface area contributed by atoms with Crippen LogP contribution in [0.4, 0.5) is 19.0 Å². The zero-order valence-electron chi connectivity index (χ0n) is 8.13. The Labute approximate surface area is 98.8 Å². The fraction of sp³-hybridized carbons (Fsp3) is 0.444. The number of nitrogens with zero attached hydrogens (tertiary/aromatic N) is 1. The maximum atomic E-state index is 12.1. The molecule has 0 aliphatic carbocycles. The molecular weight excluding hydrogens is 289 g/mol. The van der Waals surface area contributed by atoms with Crippen molar-refractivity contribution in [2.75, 3.05) is 11.9 Å². The van der Waals surface area contributed by atoms with E-state index in [1.54, 1.807) is 6.07 Å². The number of pyridine rings is 1. The molecule has 0 aliphatic heterocycles. The molecule has 1 atom stereocenters. The summed E-state index contributed by atoms with van der Waals surface area (Å²) in [5.41, 5.74) is 0. The fourth-order valence-corrected chi connectivity index (χ4v) is 1.35. The minimum absolute atomic E-state index is 0.298. The van der Waals surface area contributed by atoms with Gasteiger partial charge in [-0.15, -0.1) is 0 Å². The van der Waals surface area contributed by atoms with Gasteiger partial charge >= 0.3 is 6.18 Å². The van der Waals surface area contributed by atoms with Gasteiger partial charge in [0.1, 0.15) is 5.82 Å². The summed E-state index contributed by atoms with van der Waals surface area (Å²) in [6, 6.07) is 2.11. The average molecular weight is 299 g/mol. The summed E-state index contributed by atoms with van der Waals surface area (Å²) in [5, 5.41) is 11.3. The first kappa shape index (κ1) is 13.2. The highest BCUT2D eigenvalue weighted by molar-refractivity contribution is 9.10. The zero-order valence-corrected chi connectivity index (χ0v) is 9.72. The molecule has 1 rings (SSSR count). The largest absolute Gasteiger partial charge is 0.394 e. The second-order valence-electron chi connectivity index (χ2n) is 3.20. The second-order valence-corrected chi connectivity index (χ2v) is 4.12. The van der Waals surface area contributed by atoms with Crippen molar-refractivity contribution in [2.45, 2.75) is 18.6 Å². The Morgan fingerprint density at radius 3 is 2.56 bits per heavy atom. The van der Waals surface area contributed by atoms with E-state index in [9.17, 15) is 13.2 Å². The van der Waals surface area contributed by atoms with Crippen molar-refractivity contribution < 1.29 is 18.3 Å². The standard InChI is InChI=1S/C9H10BrF3N2O/c10-6-1-2-8(14-4-6)15-7(5-16)3-9(11,12)13/h1-2,4,7,16H,3,5H2,(H,14,15). The third-order valence-electron chi connectivity index (χ3n) is 1.78. The summed E-state index contributed by atoms with van der Waals surface area (Å²) in [7, 11) is 0. The van der Waals surface area contributed by atoms with Crippen LogP contribution in [0.5, 0.6) is 0 Å². The van der Waals surface area contributed by atoms with E-state index in [1.165, 1.54) is 12.3 Å². The van der Waals surface area contributed by atoms with Gasteiger partial charge in [0, 0.05) is 10.7 Å². The molecule has 90 valence electrons. The van der Waals surface area contributed by atoms with Crippen LogP contribution in [-0.2, 0) is 0 Å². The highest BCUT2D eigenvalue weighted by Crippen LogP contribution is 2.23. The van der Waals surface area contributed by atoms with E-state index < -0.39 is 25.2 Å². The number of halogens is 4. The molecule has 16 heavy (non-hydrogen) atoms. The van der Waals surface area contributed by atoms with Gasteiger partial charge in [0.25, 0.3) is 0 Å². The second kappa shape index (κ2) is 5.49. The molecule has 0 amide bonds. The van der Waals surface area contributed by atoms with Gasteiger partial charge < -0.3 is 10.4 Å². The van der Waals surface area contributed by atoms with Gasteiger partial charge in [-0.25, -0.2) is 4.98 Å². The van der Waals surface area contributed by atoms with Gasteiger partial charge in [0.2, 0.25) is 0 Å². The molecule has 0 bridgehead atoms. The number of alkyl halides is 3. The van der Waals surface area contributed by atoms with E-state index in [2.05, 4.69) is 26.2 Å². The number of hydrogen-bond acceptors (Lipinski definition) is 3. The Bertz CT molecular complexity index is 329. The van der Waals surface area contributed by atoms with Crippen molar-refractivity contribution in [1.29, 1.82) is 0 Å². The third-order valence-corrected chi connectivity index (χ3v) is 2.25. The molecule has 1 heterocycles. The Morgan fingerprint density at radius 1 is 1.44 bits per heavy atom. The summed E-state index contributed by atoms with van der Waals surface area (Å²) in [6.07, 6.45) is -3.94. The summed E-state index contributed by atoms with van der Waals surface area (Å²) in [6.45, 7) is -0.600. The SMILES string of the molecule is OCC(CC(F)(F)F)Nc1ccc(Br)cn1. The minimum Gasteiger partial charge on any atom is -0.394 e. The smallest absolute Gasteiger partial charge is 0.391 e. The van der Waals surface area contributed by atoms with Crippen LogP contribution in [0.2, 0.25) is 0 Å². The molecule has 0 radical (unpaired) electrons. The Hall–Kier alpha value is -0.820. The molecular formula is C9H10BrF3N2O. The molecule has 2 N–H and O–H groups in total. The number of aliphatic hydroxyl groups excluding tert-OH is 1. The maximum Gasteiger partial charge on any atom is 0.391 e. The molecule has 0 saturated carbocycles. The number of rotatable bonds is 4. The van der Waals surface area contributed by atoms with Gasteiger partial charge in [-0.05, 0) is 28.1 Å². The predicted octanol–water partition coefficient (Wildman–Crippen LogP) is 2.57. The summed E-state index contributed by atoms with van der Waals surface area (Å²) in [4.78, 5) is 3.86. The summed E-state index contributed by atoms with van der Waals surface area (Å²) >= 11 is 3.16. The fourth-order valence-electron chi connectivity index (χ4n) is 1.11. The van der Waals surface area contributed by atoms with Crippen LogP contribution in [0.15, 0.2) is 22.8 Å². The molecule has 1 aromatic rings. The summed E-state index contributed by atoms with van der Waals surface area (Å²) in [5.74, 6) is 0.298. The highest BCUT2D eigenvalue weighted by atomic mass is 79.9. The first-order valence-electron chi connectivity index (χ1n) is 4.46. The van der Waals surface area contributed by atoms with Crippen molar-refractivity contribution >= 4 is 21.7 Å². The lowest BCUT2D eigenvalue weighted by Crippen LogP contribution is -2.30. The van der Waals surface area contributed by atoms with Gasteiger partial charge in [-0.2, -0.15) is 13.2 Å². The molecule has 3 nitrogen and oxygen atoms in total. The van der Waals surface area contributed by atoms with Gasteiger partial charge in [-0.1, -0.05) is 0 Å². The highest BCUT2D eigenvalue weighted by Gasteiger charge is 2.31. The van der Waals surface area contributed by atoms with Crippen molar-refractivity contribution in [3.8, 4) is 0 Å². The molecule has 7 heteroatoms. The molecule has 0 saturated heterocycles. The van der Waals surface area contributed by atoms with Crippen molar-refractivity contribution in [3.05, 3.63) is 22.8 Å². The number of aromatic nitrogens is 1. The molecule has 0 aliphatic rings. The first-order chi connectivity index (χ1) is 7.40. The van der Waals surface area contributed by atoms with Crippen LogP contribution >= 0.6 is 15.9 Å². The van der Waals surface area contributed by atoms with E-state index in [-0.39, 0.29) is 0 Å². The Kier molecular flexibility index (Phi) is 4.55. The monoisotopic (exact) mass is 298 g/mol. The first-order valence-corrected chi connectivity index (χ1v) is 5.26. The topological polar surface area (TPSA) is 45.1 Å². The van der Waals surface area contributed by atoms with Crippen molar-refractivity contribution in [3.63, 3.8) is 0 Å². The number of aliphatic hydroxyl groups is 1. The van der Waals surface area contributed by atoms with Crippen LogP contribution < -0.4 is 5.32 Å². The lowest BCUT2D eigenvalue weighted by atomic mass is 10.2. The van der Waals surface area contributed by atoms with Crippen molar-refractivity contribution in [2.24, 2.45) is 0 Å². The van der Waals surface area contributed by atoms with Crippen molar-refractivity contribution in [1.82, 2.24) is 4.98 Å². The predicted molar refractivity (Wildman–Crippen MR) is 57.1 cm³/mol. The van der Waals surface area contributed by atoms with E-state index in [1.807, 2.05) is 0 Å². The average Bonchev–Trinajstić information content (AvgIpc) is 2.18. The van der Waals surface area contributed by atoms with Gasteiger partial charge in [-0.3, -0.25) is 0 Å². The Balaban J connectivity index is 2.60.